The van der Waals surface area contributed by atoms with Gasteiger partial charge in [0.05, 0.1) is 6.54 Å². The highest BCUT2D eigenvalue weighted by Crippen LogP contribution is 2.09. The summed E-state index contributed by atoms with van der Waals surface area (Å²) < 4.78 is 5.38. The summed E-state index contributed by atoms with van der Waals surface area (Å²) in [6, 6.07) is 0.590. The van der Waals surface area contributed by atoms with Crippen LogP contribution in [-0.4, -0.2) is 30.8 Å². The lowest BCUT2D eigenvalue weighted by Crippen LogP contribution is -2.17. The largest absolute Gasteiger partial charge is 0.407 e. The lowest BCUT2D eigenvalue weighted by Gasteiger charge is -2.10. The van der Waals surface area contributed by atoms with E-state index in [2.05, 4.69) is 22.4 Å². The standard InChI is InChI=1S/C8H16N4O/c1-4-5-12(3)8-11-10-7(13-8)6-9-2/h9H,4-6H2,1-3H3. The van der Waals surface area contributed by atoms with Crippen molar-refractivity contribution >= 4 is 6.01 Å². The van der Waals surface area contributed by atoms with Crippen LogP contribution < -0.4 is 10.2 Å². The van der Waals surface area contributed by atoms with E-state index in [9.17, 15) is 0 Å². The highest BCUT2D eigenvalue weighted by molar-refractivity contribution is 5.21. The fraction of sp³-hybridized carbons (Fsp3) is 0.750. The van der Waals surface area contributed by atoms with Gasteiger partial charge in [-0.25, -0.2) is 0 Å². The van der Waals surface area contributed by atoms with Gasteiger partial charge >= 0.3 is 6.01 Å². The second kappa shape index (κ2) is 4.81. The third-order valence-corrected chi connectivity index (χ3v) is 1.67. The molecule has 1 N–H and O–H groups in total. The highest BCUT2D eigenvalue weighted by atomic mass is 16.4. The predicted molar refractivity (Wildman–Crippen MR) is 50.6 cm³/mol. The molecule has 0 spiro atoms. The highest BCUT2D eigenvalue weighted by Gasteiger charge is 2.08. The van der Waals surface area contributed by atoms with Crippen molar-refractivity contribution in [1.29, 1.82) is 0 Å². The molecule has 0 bridgehead atoms. The minimum absolute atomic E-state index is 0.590. The molecule has 0 saturated heterocycles. The summed E-state index contributed by atoms with van der Waals surface area (Å²) in [4.78, 5) is 1.95. The quantitative estimate of drug-likeness (QED) is 0.727. The molecule has 0 aliphatic carbocycles. The zero-order valence-electron chi connectivity index (χ0n) is 8.37. The molecule has 5 nitrogen and oxygen atoms in total. The van der Waals surface area contributed by atoms with Gasteiger partial charge < -0.3 is 14.6 Å². The zero-order chi connectivity index (χ0) is 9.68. The van der Waals surface area contributed by atoms with Crippen molar-refractivity contribution in [3.63, 3.8) is 0 Å². The summed E-state index contributed by atoms with van der Waals surface area (Å²) in [6.07, 6.45) is 1.07. The Hall–Kier alpha value is -1.10. The molecule has 0 saturated carbocycles. The lowest BCUT2D eigenvalue weighted by molar-refractivity contribution is 0.476. The first-order chi connectivity index (χ1) is 6.27. The van der Waals surface area contributed by atoms with Crippen molar-refractivity contribution in [2.45, 2.75) is 19.9 Å². The minimum atomic E-state index is 0.590. The molecular weight excluding hydrogens is 168 g/mol. The average Bonchev–Trinajstić information content (AvgIpc) is 2.54. The van der Waals surface area contributed by atoms with Crippen molar-refractivity contribution in [2.24, 2.45) is 0 Å². The van der Waals surface area contributed by atoms with Crippen LogP contribution in [0, 0.1) is 0 Å². The van der Waals surface area contributed by atoms with Gasteiger partial charge in [0.1, 0.15) is 0 Å². The van der Waals surface area contributed by atoms with Crippen LogP contribution in [-0.2, 0) is 6.54 Å². The van der Waals surface area contributed by atoms with Crippen LogP contribution in [0.2, 0.25) is 0 Å². The van der Waals surface area contributed by atoms with Crippen LogP contribution in [0.5, 0.6) is 0 Å². The third-order valence-electron chi connectivity index (χ3n) is 1.67. The first-order valence-corrected chi connectivity index (χ1v) is 4.46. The molecule has 0 aliphatic rings. The maximum atomic E-state index is 5.38. The Morgan fingerprint density at radius 2 is 2.23 bits per heavy atom. The Bertz CT molecular complexity index is 248. The number of nitrogens with one attached hydrogen (secondary N) is 1. The Morgan fingerprint density at radius 3 is 2.85 bits per heavy atom. The van der Waals surface area contributed by atoms with Crippen LogP contribution >= 0.6 is 0 Å². The molecular formula is C8H16N4O. The molecule has 13 heavy (non-hydrogen) atoms. The number of rotatable bonds is 5. The van der Waals surface area contributed by atoms with E-state index in [1.54, 1.807) is 0 Å². The number of anilines is 1. The van der Waals surface area contributed by atoms with Gasteiger partial charge in [-0.3, -0.25) is 0 Å². The van der Waals surface area contributed by atoms with E-state index in [1.165, 1.54) is 0 Å². The molecule has 0 radical (unpaired) electrons. The number of hydrogen-bond donors (Lipinski definition) is 1. The Kier molecular flexibility index (Phi) is 3.70. The molecule has 1 aromatic rings. The summed E-state index contributed by atoms with van der Waals surface area (Å²) >= 11 is 0. The number of hydrogen-bond acceptors (Lipinski definition) is 5. The Morgan fingerprint density at radius 1 is 1.46 bits per heavy atom. The molecule has 0 atom stereocenters. The van der Waals surface area contributed by atoms with Crippen LogP contribution in [0.1, 0.15) is 19.2 Å². The van der Waals surface area contributed by atoms with Gasteiger partial charge in [-0.1, -0.05) is 12.0 Å². The van der Waals surface area contributed by atoms with Crippen molar-refractivity contribution in [3.05, 3.63) is 5.89 Å². The Labute approximate surface area is 78.1 Å². The van der Waals surface area contributed by atoms with Crippen molar-refractivity contribution in [2.75, 3.05) is 25.5 Å². The molecule has 74 valence electrons. The van der Waals surface area contributed by atoms with E-state index in [0.717, 1.165) is 13.0 Å². The SMILES string of the molecule is CCCN(C)c1nnc(CNC)o1. The van der Waals surface area contributed by atoms with E-state index >= 15 is 0 Å². The van der Waals surface area contributed by atoms with E-state index < -0.39 is 0 Å². The maximum absolute atomic E-state index is 5.38. The molecule has 1 rings (SSSR count). The lowest BCUT2D eigenvalue weighted by atomic mass is 10.5. The number of nitrogens with zero attached hydrogens (tertiary/aromatic N) is 3. The molecule has 0 fully saturated rings. The van der Waals surface area contributed by atoms with E-state index in [1.807, 2.05) is 19.0 Å². The fourth-order valence-corrected chi connectivity index (χ4v) is 1.05. The van der Waals surface area contributed by atoms with Crippen molar-refractivity contribution in [3.8, 4) is 0 Å². The van der Waals surface area contributed by atoms with Crippen molar-refractivity contribution in [1.82, 2.24) is 15.5 Å². The number of aromatic nitrogens is 2. The van der Waals surface area contributed by atoms with Gasteiger partial charge in [-0.2, -0.15) is 0 Å². The second-order valence-electron chi connectivity index (χ2n) is 2.93. The molecule has 5 heteroatoms. The monoisotopic (exact) mass is 184 g/mol. The average molecular weight is 184 g/mol. The fourth-order valence-electron chi connectivity index (χ4n) is 1.05. The van der Waals surface area contributed by atoms with Crippen molar-refractivity contribution < 1.29 is 4.42 Å². The van der Waals surface area contributed by atoms with Gasteiger partial charge in [0.15, 0.2) is 0 Å². The summed E-state index contributed by atoms with van der Waals surface area (Å²) in [6.45, 7) is 3.66. The first kappa shape index (κ1) is 9.98. The van der Waals surface area contributed by atoms with Crippen LogP contribution in [0.25, 0.3) is 0 Å². The van der Waals surface area contributed by atoms with Gasteiger partial charge in [-0.05, 0) is 13.5 Å². The summed E-state index contributed by atoms with van der Waals surface area (Å²) in [5.74, 6) is 0.625. The van der Waals surface area contributed by atoms with E-state index in [4.69, 9.17) is 4.42 Å². The maximum Gasteiger partial charge on any atom is 0.317 e. The van der Waals surface area contributed by atoms with Crippen LogP contribution in [0.4, 0.5) is 6.01 Å². The summed E-state index contributed by atoms with van der Waals surface area (Å²) in [5, 5.41) is 10.8. The van der Waals surface area contributed by atoms with E-state index in [0.29, 0.717) is 18.5 Å². The van der Waals surface area contributed by atoms with Gasteiger partial charge in [0.25, 0.3) is 0 Å². The predicted octanol–water partition coefficient (Wildman–Crippen LogP) is 0.635. The smallest absolute Gasteiger partial charge is 0.317 e. The third kappa shape index (κ3) is 2.69. The van der Waals surface area contributed by atoms with Gasteiger partial charge in [0, 0.05) is 13.6 Å². The first-order valence-electron chi connectivity index (χ1n) is 4.46. The molecule has 1 heterocycles. The minimum Gasteiger partial charge on any atom is -0.407 e. The molecule has 1 aromatic heterocycles. The summed E-state index contributed by atoms with van der Waals surface area (Å²) in [5.41, 5.74) is 0. The topological polar surface area (TPSA) is 54.2 Å². The molecule has 0 unspecified atom stereocenters. The molecule has 0 aliphatic heterocycles. The molecule has 0 amide bonds. The summed E-state index contributed by atoms with van der Waals surface area (Å²) in [7, 11) is 3.79. The van der Waals surface area contributed by atoms with Gasteiger partial charge in [0.2, 0.25) is 5.89 Å². The zero-order valence-corrected chi connectivity index (χ0v) is 8.37. The van der Waals surface area contributed by atoms with Gasteiger partial charge in [-0.15, -0.1) is 5.10 Å². The Balaban J connectivity index is 2.56. The molecule has 0 aromatic carbocycles. The van der Waals surface area contributed by atoms with Crippen LogP contribution in [0.3, 0.4) is 0 Å². The second-order valence-corrected chi connectivity index (χ2v) is 2.93. The van der Waals surface area contributed by atoms with Crippen LogP contribution in [0.15, 0.2) is 4.42 Å². The van der Waals surface area contributed by atoms with E-state index in [-0.39, 0.29) is 0 Å². The normalized spacial score (nSPS) is 10.4.